The zero-order chi connectivity index (χ0) is 24.4. The molecule has 0 spiro atoms. The van der Waals surface area contributed by atoms with Gasteiger partial charge in [0, 0.05) is 28.6 Å². The maximum Gasteiger partial charge on any atom is 0.337 e. The van der Waals surface area contributed by atoms with E-state index in [1.54, 1.807) is 26.8 Å². The van der Waals surface area contributed by atoms with Gasteiger partial charge in [-0.05, 0) is 32.6 Å². The van der Waals surface area contributed by atoms with Crippen LogP contribution >= 0.6 is 0 Å². The summed E-state index contributed by atoms with van der Waals surface area (Å²) in [5.41, 5.74) is 1.27. The van der Waals surface area contributed by atoms with Gasteiger partial charge in [0.25, 0.3) is 5.69 Å². The summed E-state index contributed by atoms with van der Waals surface area (Å²) in [6, 6.07) is 6.00. The van der Waals surface area contributed by atoms with Crippen LogP contribution < -0.4 is 5.32 Å². The minimum atomic E-state index is -1.06. The second-order valence-electron chi connectivity index (χ2n) is 8.48. The third-order valence-corrected chi connectivity index (χ3v) is 6.29. The molecular formula is C24H28N2O7. The largest absolute Gasteiger partial charge is 0.468 e. The lowest BCUT2D eigenvalue weighted by atomic mass is 9.69. The van der Waals surface area contributed by atoms with Crippen LogP contribution in [0.5, 0.6) is 0 Å². The van der Waals surface area contributed by atoms with Crippen LogP contribution in [0.15, 0.2) is 46.8 Å². The molecule has 4 atom stereocenters. The van der Waals surface area contributed by atoms with Gasteiger partial charge >= 0.3 is 11.9 Å². The fraction of sp³-hybridized carbons (Fsp3) is 0.458. The van der Waals surface area contributed by atoms with Crippen molar-refractivity contribution in [2.75, 3.05) is 7.11 Å². The predicted octanol–water partition coefficient (Wildman–Crippen LogP) is 3.55. The molecule has 9 heteroatoms. The van der Waals surface area contributed by atoms with Gasteiger partial charge in [0.05, 0.1) is 29.6 Å². The number of ketones is 1. The Bertz CT molecular complexity index is 1070. The number of benzene rings is 1. The summed E-state index contributed by atoms with van der Waals surface area (Å²) in [6.45, 7) is 7.07. The number of Topliss-reactive ketones (excluding diaryl/α,β-unsaturated/α-hetero) is 1. The summed E-state index contributed by atoms with van der Waals surface area (Å²) in [5.74, 6) is -4.30. The molecule has 0 radical (unpaired) electrons. The number of nitro groups is 1. The van der Waals surface area contributed by atoms with E-state index in [1.165, 1.54) is 25.3 Å². The molecule has 0 bridgehead atoms. The van der Waals surface area contributed by atoms with Crippen LogP contribution in [0.25, 0.3) is 0 Å². The average Bonchev–Trinajstić information content (AvgIpc) is 2.77. The Kier molecular flexibility index (Phi) is 7.00. The zero-order valence-corrected chi connectivity index (χ0v) is 19.3. The molecule has 0 aromatic heterocycles. The second kappa shape index (κ2) is 9.56. The fourth-order valence-corrected chi connectivity index (χ4v) is 4.49. The van der Waals surface area contributed by atoms with E-state index in [2.05, 4.69) is 5.32 Å². The van der Waals surface area contributed by atoms with Crippen LogP contribution in [0.2, 0.25) is 0 Å². The normalized spacial score (nSPS) is 23.4. The van der Waals surface area contributed by atoms with E-state index in [-0.39, 0.29) is 34.4 Å². The maximum absolute atomic E-state index is 13.6. The first kappa shape index (κ1) is 24.2. The quantitative estimate of drug-likeness (QED) is 0.298. The number of nitro benzene ring substituents is 1. The number of methoxy groups -OCH3 is 1. The van der Waals surface area contributed by atoms with Gasteiger partial charge in [-0.2, -0.15) is 0 Å². The Morgan fingerprint density at radius 3 is 2.58 bits per heavy atom. The van der Waals surface area contributed by atoms with E-state index < -0.39 is 34.5 Å². The number of carbonyl (C=O) groups excluding carboxylic acids is 3. The number of hydrogen-bond donors (Lipinski definition) is 1. The van der Waals surface area contributed by atoms with Gasteiger partial charge in [-0.25, -0.2) is 4.79 Å². The molecule has 33 heavy (non-hydrogen) atoms. The number of esters is 2. The van der Waals surface area contributed by atoms with Crippen molar-refractivity contribution < 1.29 is 28.8 Å². The molecule has 0 amide bonds. The number of nitrogens with one attached hydrogen (secondary N) is 1. The topological polar surface area (TPSA) is 125 Å². The third-order valence-electron chi connectivity index (χ3n) is 6.29. The minimum absolute atomic E-state index is 0.120. The van der Waals surface area contributed by atoms with E-state index in [0.717, 1.165) is 0 Å². The molecule has 1 aromatic carbocycles. The number of ether oxygens (including phenoxy) is 2. The molecule has 1 heterocycles. The molecule has 1 aliphatic heterocycles. The van der Waals surface area contributed by atoms with Crippen molar-refractivity contribution in [3.8, 4) is 0 Å². The Morgan fingerprint density at radius 2 is 1.97 bits per heavy atom. The standard InChI is InChI=1S/C24H28N2O7/c1-6-13(3)33-24(29)19-14(4)25-16-11-12(2)18(23(28)32-5)22(27)21(16)20(19)15-9-7-8-10-17(15)26(30)31/h7-10,12-13,18,20,25H,6,11H2,1-5H3/t12-,13+,18+,20+/m0/s1. The lowest BCUT2D eigenvalue weighted by Crippen LogP contribution is -2.43. The van der Waals surface area contributed by atoms with Crippen molar-refractivity contribution in [3.05, 3.63) is 62.5 Å². The van der Waals surface area contributed by atoms with Gasteiger partial charge in [-0.15, -0.1) is 0 Å². The molecule has 1 aliphatic carbocycles. The number of nitrogens with zero attached hydrogens (tertiary/aromatic N) is 1. The molecule has 9 nitrogen and oxygen atoms in total. The van der Waals surface area contributed by atoms with Crippen LogP contribution in [0, 0.1) is 22.0 Å². The van der Waals surface area contributed by atoms with Gasteiger partial charge < -0.3 is 14.8 Å². The van der Waals surface area contributed by atoms with Gasteiger partial charge in [-0.1, -0.05) is 32.0 Å². The lowest BCUT2D eigenvalue weighted by Gasteiger charge is -2.38. The zero-order valence-electron chi connectivity index (χ0n) is 19.3. The van der Waals surface area contributed by atoms with E-state index in [9.17, 15) is 24.5 Å². The molecule has 3 rings (SSSR count). The number of allylic oxidation sites excluding steroid dienone is 3. The van der Waals surface area contributed by atoms with Gasteiger partial charge in [-0.3, -0.25) is 19.7 Å². The smallest absolute Gasteiger partial charge is 0.337 e. The maximum atomic E-state index is 13.6. The Labute approximate surface area is 192 Å². The first-order valence-corrected chi connectivity index (χ1v) is 10.9. The number of rotatable bonds is 6. The van der Waals surface area contributed by atoms with E-state index >= 15 is 0 Å². The molecule has 176 valence electrons. The Balaban J connectivity index is 2.25. The highest BCUT2D eigenvalue weighted by atomic mass is 16.6. The summed E-state index contributed by atoms with van der Waals surface area (Å²) < 4.78 is 10.4. The van der Waals surface area contributed by atoms with Gasteiger partial charge in [0.2, 0.25) is 0 Å². The summed E-state index contributed by atoms with van der Waals surface area (Å²) in [7, 11) is 1.21. The third kappa shape index (κ3) is 4.40. The first-order chi connectivity index (χ1) is 15.6. The summed E-state index contributed by atoms with van der Waals surface area (Å²) in [4.78, 5) is 50.6. The molecule has 1 N–H and O–H groups in total. The summed E-state index contributed by atoms with van der Waals surface area (Å²) >= 11 is 0. The van der Waals surface area contributed by atoms with Crippen molar-refractivity contribution in [3.63, 3.8) is 0 Å². The highest BCUT2D eigenvalue weighted by molar-refractivity contribution is 6.12. The monoisotopic (exact) mass is 456 g/mol. The van der Waals surface area contributed by atoms with Crippen molar-refractivity contribution >= 4 is 23.4 Å². The van der Waals surface area contributed by atoms with Crippen molar-refractivity contribution in [1.82, 2.24) is 5.32 Å². The number of hydrogen-bond acceptors (Lipinski definition) is 8. The van der Waals surface area contributed by atoms with Crippen LogP contribution in [0.1, 0.15) is 52.0 Å². The van der Waals surface area contributed by atoms with Crippen LogP contribution in [0.3, 0.4) is 0 Å². The number of para-hydroxylation sites is 1. The van der Waals surface area contributed by atoms with Crippen LogP contribution in [-0.4, -0.2) is 35.9 Å². The minimum Gasteiger partial charge on any atom is -0.468 e. The van der Waals surface area contributed by atoms with Crippen molar-refractivity contribution in [1.29, 1.82) is 0 Å². The number of dihydropyridines is 1. The molecule has 2 aliphatic rings. The Morgan fingerprint density at radius 1 is 1.30 bits per heavy atom. The van der Waals surface area contributed by atoms with Crippen LogP contribution in [0.4, 0.5) is 5.69 Å². The van der Waals surface area contributed by atoms with Gasteiger partial charge in [0.15, 0.2) is 5.78 Å². The van der Waals surface area contributed by atoms with E-state index in [1.807, 2.05) is 6.92 Å². The highest BCUT2D eigenvalue weighted by Gasteiger charge is 2.48. The van der Waals surface area contributed by atoms with E-state index in [0.29, 0.717) is 24.2 Å². The summed E-state index contributed by atoms with van der Waals surface area (Å²) in [5, 5.41) is 15.0. The highest BCUT2D eigenvalue weighted by Crippen LogP contribution is 2.47. The SMILES string of the molecule is CC[C@@H](C)OC(=O)C1=C(C)NC2=C(C(=O)[C@H](C(=O)OC)[C@@H](C)C2)[C@@H]1c1ccccc1[N+](=O)[O-]. The van der Waals surface area contributed by atoms with E-state index in [4.69, 9.17) is 9.47 Å². The lowest BCUT2D eigenvalue weighted by molar-refractivity contribution is -0.385. The molecular weight excluding hydrogens is 428 g/mol. The average molecular weight is 456 g/mol. The molecule has 0 saturated carbocycles. The predicted molar refractivity (Wildman–Crippen MR) is 119 cm³/mol. The molecule has 0 fully saturated rings. The first-order valence-electron chi connectivity index (χ1n) is 10.9. The second-order valence-corrected chi connectivity index (χ2v) is 8.48. The Hall–Kier alpha value is -3.49. The molecule has 1 aromatic rings. The van der Waals surface area contributed by atoms with Crippen molar-refractivity contribution in [2.45, 2.75) is 52.6 Å². The summed E-state index contributed by atoms with van der Waals surface area (Å²) in [6.07, 6.45) is 0.545. The van der Waals surface area contributed by atoms with Crippen LogP contribution in [-0.2, 0) is 23.9 Å². The molecule has 0 saturated heterocycles. The van der Waals surface area contributed by atoms with Gasteiger partial charge in [0.1, 0.15) is 5.92 Å². The fourth-order valence-electron chi connectivity index (χ4n) is 4.49. The van der Waals surface area contributed by atoms with Crippen molar-refractivity contribution in [2.24, 2.45) is 11.8 Å². The number of carbonyl (C=O) groups is 3. The molecule has 0 unspecified atom stereocenters.